The molecule has 11 rings (SSSR count). The molecule has 2 aromatic heterocycles. The SMILES string of the molecule is c1ccc(-c2nc3ccccc3n2-c2cccc(-c3ccc4c(c3)Cc3cc5ccc(-n6c7ccccc7c7ccccc76)cc5cc3C4)c2)cc1. The lowest BCUT2D eigenvalue weighted by Gasteiger charge is -2.22. The molecule has 1 aliphatic carbocycles. The molecule has 0 bridgehead atoms. The van der Waals surface area contributed by atoms with Gasteiger partial charge in [0.25, 0.3) is 0 Å². The predicted octanol–water partition coefficient (Wildman–Crippen LogP) is 12.1. The highest BCUT2D eigenvalue weighted by molar-refractivity contribution is 6.09. The molecule has 10 aromatic rings. The van der Waals surface area contributed by atoms with E-state index in [2.05, 4.69) is 185 Å². The van der Waals surface area contributed by atoms with Gasteiger partial charge in [0.1, 0.15) is 5.82 Å². The summed E-state index contributed by atoms with van der Waals surface area (Å²) in [7, 11) is 0. The van der Waals surface area contributed by atoms with E-state index in [0.29, 0.717) is 0 Å². The van der Waals surface area contributed by atoms with Crippen molar-refractivity contribution in [2.75, 3.05) is 0 Å². The van der Waals surface area contributed by atoms with Gasteiger partial charge in [-0.15, -0.1) is 0 Å². The van der Waals surface area contributed by atoms with Crippen LogP contribution in [0.15, 0.2) is 176 Å². The lowest BCUT2D eigenvalue weighted by molar-refractivity contribution is 1.01. The Morgan fingerprint density at radius 3 is 1.79 bits per heavy atom. The summed E-state index contributed by atoms with van der Waals surface area (Å²) in [5.41, 5.74) is 16.1. The Kier molecular flexibility index (Phi) is 6.38. The number of imidazole rings is 1. The van der Waals surface area contributed by atoms with Gasteiger partial charge in [-0.3, -0.25) is 4.57 Å². The third-order valence-electron chi connectivity index (χ3n) is 11.0. The topological polar surface area (TPSA) is 22.8 Å². The van der Waals surface area contributed by atoms with Gasteiger partial charge in [0.05, 0.1) is 22.1 Å². The fourth-order valence-electron chi connectivity index (χ4n) is 8.49. The summed E-state index contributed by atoms with van der Waals surface area (Å²) in [4.78, 5) is 5.07. The minimum absolute atomic E-state index is 0.938. The first kappa shape index (κ1) is 29.1. The summed E-state index contributed by atoms with van der Waals surface area (Å²) in [5, 5.41) is 5.16. The molecule has 0 aliphatic heterocycles. The highest BCUT2D eigenvalue weighted by Gasteiger charge is 2.19. The van der Waals surface area contributed by atoms with Crippen molar-refractivity contribution in [3.63, 3.8) is 0 Å². The van der Waals surface area contributed by atoms with Crippen LogP contribution in [0.2, 0.25) is 0 Å². The van der Waals surface area contributed by atoms with Crippen LogP contribution >= 0.6 is 0 Å². The number of hydrogen-bond donors (Lipinski definition) is 0. The molecule has 0 spiro atoms. The monoisotopic (exact) mass is 663 g/mol. The normalized spacial score (nSPS) is 12.5. The van der Waals surface area contributed by atoms with E-state index in [4.69, 9.17) is 4.98 Å². The number of nitrogens with zero attached hydrogens (tertiary/aromatic N) is 3. The second-order valence-electron chi connectivity index (χ2n) is 14.0. The summed E-state index contributed by atoms with van der Waals surface area (Å²) in [6.07, 6.45) is 1.88. The third-order valence-corrected chi connectivity index (χ3v) is 11.0. The van der Waals surface area contributed by atoms with Gasteiger partial charge in [0.15, 0.2) is 0 Å². The van der Waals surface area contributed by atoms with Gasteiger partial charge in [-0.05, 0) is 106 Å². The quantitative estimate of drug-likeness (QED) is 0.184. The minimum atomic E-state index is 0.938. The Balaban J connectivity index is 0.951. The van der Waals surface area contributed by atoms with Crippen molar-refractivity contribution in [1.29, 1.82) is 0 Å². The molecule has 0 N–H and O–H groups in total. The van der Waals surface area contributed by atoms with E-state index in [1.165, 1.54) is 71.6 Å². The molecular weight excluding hydrogens is 631 g/mol. The van der Waals surface area contributed by atoms with Crippen LogP contribution < -0.4 is 0 Å². The molecule has 0 radical (unpaired) electrons. The molecule has 0 unspecified atom stereocenters. The molecule has 0 atom stereocenters. The first-order valence-corrected chi connectivity index (χ1v) is 18.0. The second kappa shape index (κ2) is 11.4. The van der Waals surface area contributed by atoms with Gasteiger partial charge in [-0.2, -0.15) is 0 Å². The van der Waals surface area contributed by atoms with E-state index in [1.54, 1.807) is 0 Å². The van der Waals surface area contributed by atoms with Crippen LogP contribution in [-0.2, 0) is 12.8 Å². The average molecular weight is 664 g/mol. The summed E-state index contributed by atoms with van der Waals surface area (Å²) in [5.74, 6) is 0.954. The van der Waals surface area contributed by atoms with Gasteiger partial charge in [-0.1, -0.05) is 127 Å². The zero-order chi connectivity index (χ0) is 34.2. The standard InChI is InChI=1S/C49H33N3/c1-2-11-32(12-3-1)49-50-45-17-6-9-20-48(45)52(49)41-14-10-13-33(30-41)34-21-22-35-26-39-29-40-31-42(24-23-36(40)27-38(39)28-37(35)25-34)51-46-18-7-4-15-43(46)44-16-5-8-19-47(44)51/h1-25,27,29-31H,26,28H2. The first-order chi connectivity index (χ1) is 25.7. The molecular formula is C49H33N3. The summed E-state index contributed by atoms with van der Waals surface area (Å²) < 4.78 is 4.70. The highest BCUT2D eigenvalue weighted by Crippen LogP contribution is 2.37. The van der Waals surface area contributed by atoms with Crippen LogP contribution in [0, 0.1) is 0 Å². The van der Waals surface area contributed by atoms with Crippen LogP contribution in [0.25, 0.3) is 77.5 Å². The average Bonchev–Trinajstić information content (AvgIpc) is 3.76. The van der Waals surface area contributed by atoms with E-state index in [-0.39, 0.29) is 0 Å². The van der Waals surface area contributed by atoms with Crippen LogP contribution in [0.1, 0.15) is 22.3 Å². The van der Waals surface area contributed by atoms with Crippen molar-refractivity contribution < 1.29 is 0 Å². The second-order valence-corrected chi connectivity index (χ2v) is 14.0. The lowest BCUT2D eigenvalue weighted by Crippen LogP contribution is -2.08. The smallest absolute Gasteiger partial charge is 0.145 e. The van der Waals surface area contributed by atoms with Crippen LogP contribution in [0.4, 0.5) is 0 Å². The number of hydrogen-bond acceptors (Lipinski definition) is 1. The number of benzene rings is 8. The molecule has 0 saturated heterocycles. The number of rotatable bonds is 4. The van der Waals surface area contributed by atoms with Gasteiger partial charge < -0.3 is 4.57 Å². The molecule has 8 aromatic carbocycles. The Morgan fingerprint density at radius 1 is 0.365 bits per heavy atom. The van der Waals surface area contributed by atoms with Crippen molar-refractivity contribution in [3.8, 4) is 33.9 Å². The minimum Gasteiger partial charge on any atom is -0.309 e. The molecule has 3 nitrogen and oxygen atoms in total. The zero-order valence-corrected chi connectivity index (χ0v) is 28.5. The van der Waals surface area contributed by atoms with Crippen LogP contribution in [-0.4, -0.2) is 14.1 Å². The van der Waals surface area contributed by atoms with E-state index in [1.807, 2.05) is 0 Å². The summed E-state index contributed by atoms with van der Waals surface area (Å²) >= 11 is 0. The molecule has 1 aliphatic rings. The largest absolute Gasteiger partial charge is 0.309 e. The Morgan fingerprint density at radius 2 is 0.981 bits per heavy atom. The maximum atomic E-state index is 5.07. The van der Waals surface area contributed by atoms with E-state index >= 15 is 0 Å². The lowest BCUT2D eigenvalue weighted by atomic mass is 9.83. The Bertz CT molecular complexity index is 2960. The Hall–Kier alpha value is -6.71. The van der Waals surface area contributed by atoms with E-state index < -0.39 is 0 Å². The molecule has 52 heavy (non-hydrogen) atoms. The first-order valence-electron chi connectivity index (χ1n) is 18.0. The number of para-hydroxylation sites is 4. The highest BCUT2D eigenvalue weighted by atomic mass is 15.1. The van der Waals surface area contributed by atoms with Gasteiger partial charge >= 0.3 is 0 Å². The zero-order valence-electron chi connectivity index (χ0n) is 28.5. The fraction of sp³-hybridized carbons (Fsp3) is 0.0408. The maximum absolute atomic E-state index is 5.07. The van der Waals surface area contributed by atoms with Gasteiger partial charge in [0, 0.05) is 27.7 Å². The predicted molar refractivity (Wildman–Crippen MR) is 216 cm³/mol. The van der Waals surface area contributed by atoms with E-state index in [0.717, 1.165) is 41.0 Å². The van der Waals surface area contributed by atoms with Crippen molar-refractivity contribution in [3.05, 3.63) is 198 Å². The van der Waals surface area contributed by atoms with Crippen molar-refractivity contribution in [2.24, 2.45) is 0 Å². The van der Waals surface area contributed by atoms with Gasteiger partial charge in [-0.25, -0.2) is 4.98 Å². The molecule has 3 heteroatoms. The van der Waals surface area contributed by atoms with Crippen molar-refractivity contribution in [2.45, 2.75) is 12.8 Å². The number of aromatic nitrogens is 3. The van der Waals surface area contributed by atoms with Crippen LogP contribution in [0.3, 0.4) is 0 Å². The molecule has 0 saturated carbocycles. The molecule has 0 amide bonds. The maximum Gasteiger partial charge on any atom is 0.145 e. The Labute approximate surface area is 301 Å². The van der Waals surface area contributed by atoms with Crippen molar-refractivity contribution in [1.82, 2.24) is 14.1 Å². The third kappa shape index (κ3) is 4.56. The van der Waals surface area contributed by atoms with Gasteiger partial charge in [0.2, 0.25) is 0 Å². The van der Waals surface area contributed by atoms with Crippen LogP contribution in [0.5, 0.6) is 0 Å². The van der Waals surface area contributed by atoms with E-state index in [9.17, 15) is 0 Å². The van der Waals surface area contributed by atoms with Crippen molar-refractivity contribution >= 4 is 43.6 Å². The fourth-order valence-corrected chi connectivity index (χ4v) is 8.49. The molecule has 244 valence electrons. The molecule has 2 heterocycles. The number of fused-ring (bicyclic) bond motifs is 7. The molecule has 0 fully saturated rings. The summed E-state index contributed by atoms with van der Waals surface area (Å²) in [6, 6.07) is 64.1. The summed E-state index contributed by atoms with van der Waals surface area (Å²) in [6.45, 7) is 0.